The largest absolute Gasteiger partial charge is 0.507 e. The van der Waals surface area contributed by atoms with Gasteiger partial charge in [-0.1, -0.05) is 38.8 Å². The van der Waals surface area contributed by atoms with Gasteiger partial charge in [-0.25, -0.2) is 0 Å². The van der Waals surface area contributed by atoms with Crippen LogP contribution in [0.25, 0.3) is 0 Å². The van der Waals surface area contributed by atoms with Gasteiger partial charge >= 0.3 is 0 Å². The van der Waals surface area contributed by atoms with Crippen molar-refractivity contribution in [2.24, 2.45) is 0 Å². The second-order valence-electron chi connectivity index (χ2n) is 4.45. The zero-order valence-corrected chi connectivity index (χ0v) is 13.1. The number of aromatic hydroxyl groups is 1. The monoisotopic (exact) mass is 363 g/mol. The first-order chi connectivity index (χ1) is 7.74. The number of hydrogen-bond acceptors (Lipinski definition) is 2. The Morgan fingerprint density at radius 3 is 2.53 bits per heavy atom. The van der Waals surface area contributed by atoms with E-state index >= 15 is 0 Å². The molecule has 2 N–H and O–H groups in total. The highest BCUT2D eigenvalue weighted by molar-refractivity contribution is 9.10. The summed E-state index contributed by atoms with van der Waals surface area (Å²) in [5.41, 5.74) is -0.120. The smallest absolute Gasteiger partial charge is 0.255 e. The molecule has 0 aliphatic carbocycles. The van der Waals surface area contributed by atoms with E-state index in [4.69, 9.17) is 0 Å². The molecular formula is C12H15Br2NO2. The number of phenolic OH excluding ortho intramolecular Hbond substituents is 1. The minimum absolute atomic E-state index is 0.0325. The van der Waals surface area contributed by atoms with Crippen LogP contribution in [0.1, 0.15) is 31.1 Å². The maximum Gasteiger partial charge on any atom is 0.255 e. The molecule has 0 aliphatic rings. The van der Waals surface area contributed by atoms with E-state index in [0.29, 0.717) is 0 Å². The van der Waals surface area contributed by atoms with Gasteiger partial charge in [0.2, 0.25) is 0 Å². The predicted molar refractivity (Wildman–Crippen MR) is 75.7 cm³/mol. The molecular weight excluding hydrogens is 350 g/mol. The quantitative estimate of drug-likeness (QED) is 0.807. The molecule has 0 bridgehead atoms. The van der Waals surface area contributed by atoms with Crippen molar-refractivity contribution in [1.29, 1.82) is 0 Å². The summed E-state index contributed by atoms with van der Waals surface area (Å²) in [6.45, 7) is 5.79. The molecule has 17 heavy (non-hydrogen) atoms. The number of halogens is 2. The molecule has 0 fully saturated rings. The molecule has 1 unspecified atom stereocenters. The molecule has 0 aliphatic heterocycles. The van der Waals surface area contributed by atoms with Crippen molar-refractivity contribution in [2.75, 3.05) is 0 Å². The lowest BCUT2D eigenvalue weighted by atomic mass is 10.0. The maximum atomic E-state index is 12.0. The second-order valence-corrected chi connectivity index (χ2v) is 6.74. The van der Waals surface area contributed by atoms with Crippen LogP contribution in [0, 0.1) is 0 Å². The summed E-state index contributed by atoms with van der Waals surface area (Å²) < 4.78 is 0.736. The maximum absolute atomic E-state index is 12.0. The van der Waals surface area contributed by atoms with E-state index in [1.165, 1.54) is 6.07 Å². The Bertz CT molecular complexity index is 431. The molecule has 3 nitrogen and oxygen atoms in total. The number of amides is 1. The Hall–Kier alpha value is -0.550. The summed E-state index contributed by atoms with van der Waals surface area (Å²) >= 11 is 6.67. The van der Waals surface area contributed by atoms with Crippen LogP contribution in [0.15, 0.2) is 22.7 Å². The van der Waals surface area contributed by atoms with Crippen molar-refractivity contribution in [3.8, 4) is 5.75 Å². The molecule has 1 atom stereocenters. The summed E-state index contributed by atoms with van der Waals surface area (Å²) in [5, 5.41) is 12.6. The van der Waals surface area contributed by atoms with E-state index in [1.807, 2.05) is 20.8 Å². The van der Waals surface area contributed by atoms with Gasteiger partial charge in [0.1, 0.15) is 5.75 Å². The number of hydrogen-bond donors (Lipinski definition) is 2. The van der Waals surface area contributed by atoms with Gasteiger partial charge in [0.15, 0.2) is 0 Å². The molecule has 94 valence electrons. The van der Waals surface area contributed by atoms with Crippen LogP contribution >= 0.6 is 31.9 Å². The molecule has 5 heteroatoms. The van der Waals surface area contributed by atoms with E-state index in [0.717, 1.165) is 4.47 Å². The number of phenols is 1. The van der Waals surface area contributed by atoms with E-state index < -0.39 is 5.54 Å². The first-order valence-corrected chi connectivity index (χ1v) is 6.90. The highest BCUT2D eigenvalue weighted by atomic mass is 79.9. The number of nitrogens with one attached hydrogen (secondary N) is 1. The minimum Gasteiger partial charge on any atom is -0.507 e. The Kier molecular flexibility index (Phi) is 4.61. The van der Waals surface area contributed by atoms with Crippen molar-refractivity contribution in [1.82, 2.24) is 5.32 Å². The van der Waals surface area contributed by atoms with Gasteiger partial charge in [0.05, 0.1) is 5.56 Å². The molecule has 0 saturated heterocycles. The van der Waals surface area contributed by atoms with Crippen molar-refractivity contribution >= 4 is 37.8 Å². The number of alkyl halides is 1. The van der Waals surface area contributed by atoms with Crippen molar-refractivity contribution < 1.29 is 9.90 Å². The fraction of sp³-hybridized carbons (Fsp3) is 0.417. The zero-order chi connectivity index (χ0) is 13.2. The lowest BCUT2D eigenvalue weighted by molar-refractivity contribution is 0.0911. The average molecular weight is 365 g/mol. The van der Waals surface area contributed by atoms with Crippen LogP contribution < -0.4 is 5.32 Å². The van der Waals surface area contributed by atoms with Crippen LogP contribution in [0.4, 0.5) is 0 Å². The summed E-state index contributed by atoms with van der Waals surface area (Å²) in [5.74, 6) is -0.318. The van der Waals surface area contributed by atoms with Crippen molar-refractivity contribution in [3.05, 3.63) is 28.2 Å². The SMILES string of the molecule is CC(Br)C(C)(C)NC(=O)c1ccc(Br)cc1O. The molecule has 1 rings (SSSR count). The van der Waals surface area contributed by atoms with Gasteiger partial charge < -0.3 is 10.4 Å². The van der Waals surface area contributed by atoms with E-state index in [1.54, 1.807) is 12.1 Å². The van der Waals surface area contributed by atoms with Crippen LogP contribution in [-0.2, 0) is 0 Å². The topological polar surface area (TPSA) is 49.3 Å². The number of rotatable bonds is 3. The summed E-state index contributed by atoms with van der Waals surface area (Å²) in [4.78, 5) is 12.1. The fourth-order valence-corrected chi connectivity index (χ4v) is 1.62. The third-order valence-corrected chi connectivity index (χ3v) is 4.27. The molecule has 1 amide bonds. The van der Waals surface area contributed by atoms with Gasteiger partial charge in [0.25, 0.3) is 5.91 Å². The van der Waals surface area contributed by atoms with E-state index in [2.05, 4.69) is 37.2 Å². The second kappa shape index (κ2) is 5.40. The van der Waals surface area contributed by atoms with Crippen molar-refractivity contribution in [3.63, 3.8) is 0 Å². The van der Waals surface area contributed by atoms with Crippen LogP contribution in [0.5, 0.6) is 5.75 Å². The van der Waals surface area contributed by atoms with E-state index in [9.17, 15) is 9.90 Å². The lowest BCUT2D eigenvalue weighted by Gasteiger charge is -2.29. The zero-order valence-electron chi connectivity index (χ0n) is 9.92. The fourth-order valence-electron chi connectivity index (χ4n) is 1.16. The first kappa shape index (κ1) is 14.5. The third kappa shape index (κ3) is 3.71. The standard InChI is InChI=1S/C12H15Br2NO2/c1-7(13)12(2,3)15-11(17)9-5-4-8(14)6-10(9)16/h4-7,16H,1-3H3,(H,15,17). The van der Waals surface area contributed by atoms with Crippen LogP contribution in [0.2, 0.25) is 0 Å². The highest BCUT2D eigenvalue weighted by Crippen LogP contribution is 2.24. The molecule has 0 radical (unpaired) electrons. The first-order valence-electron chi connectivity index (χ1n) is 5.19. The lowest BCUT2D eigenvalue weighted by Crippen LogP contribution is -2.48. The van der Waals surface area contributed by atoms with E-state index in [-0.39, 0.29) is 22.0 Å². The molecule has 0 aromatic heterocycles. The average Bonchev–Trinajstić information content (AvgIpc) is 2.15. The molecule has 0 spiro atoms. The molecule has 0 heterocycles. The third-order valence-electron chi connectivity index (χ3n) is 2.63. The Morgan fingerprint density at radius 2 is 2.06 bits per heavy atom. The number of carbonyl (C=O) groups is 1. The molecule has 1 aromatic rings. The molecule has 0 saturated carbocycles. The summed E-state index contributed by atoms with van der Waals surface area (Å²) in [6, 6.07) is 4.81. The van der Waals surface area contributed by atoms with Gasteiger partial charge in [-0.3, -0.25) is 4.79 Å². The summed E-state index contributed by atoms with van der Waals surface area (Å²) in [7, 11) is 0. The van der Waals surface area contributed by atoms with Crippen LogP contribution in [-0.4, -0.2) is 21.4 Å². The van der Waals surface area contributed by atoms with Crippen molar-refractivity contribution in [2.45, 2.75) is 31.1 Å². The van der Waals surface area contributed by atoms with Crippen LogP contribution in [0.3, 0.4) is 0 Å². The Balaban J connectivity index is 2.91. The summed E-state index contributed by atoms with van der Waals surface area (Å²) in [6.07, 6.45) is 0. The predicted octanol–water partition coefficient (Wildman–Crippen LogP) is 3.45. The van der Waals surface area contributed by atoms with Gasteiger partial charge in [-0.05, 0) is 32.0 Å². The number of carbonyl (C=O) groups excluding carboxylic acids is 1. The minimum atomic E-state index is -0.392. The highest BCUT2D eigenvalue weighted by Gasteiger charge is 2.27. The molecule has 1 aromatic carbocycles. The number of benzene rings is 1. The van der Waals surface area contributed by atoms with Gasteiger partial charge in [-0.15, -0.1) is 0 Å². The Morgan fingerprint density at radius 1 is 1.47 bits per heavy atom. The normalized spacial score (nSPS) is 13.2. The van der Waals surface area contributed by atoms with Gasteiger partial charge in [0, 0.05) is 14.8 Å². The van der Waals surface area contributed by atoms with Gasteiger partial charge in [-0.2, -0.15) is 0 Å². The Labute approximate surface area is 118 Å².